The molecule has 1 fully saturated rings. The van der Waals surface area contributed by atoms with E-state index in [-0.39, 0.29) is 0 Å². The van der Waals surface area contributed by atoms with Gasteiger partial charge in [0.2, 0.25) is 0 Å². The summed E-state index contributed by atoms with van der Waals surface area (Å²) in [4.78, 5) is 2.01. The Balaban J connectivity index is 2.19. The van der Waals surface area contributed by atoms with Gasteiger partial charge < -0.3 is 19.8 Å². The molecule has 1 heterocycles. The Morgan fingerprint density at radius 3 is 2.65 bits per heavy atom. The van der Waals surface area contributed by atoms with E-state index in [2.05, 4.69) is 15.9 Å². The number of likely N-dealkylation sites (N-methyl/N-ethyl adjacent to an activating group) is 1. The van der Waals surface area contributed by atoms with Crippen LogP contribution in [-0.2, 0) is 4.74 Å². The number of ether oxygens (including phenoxy) is 1. The molecule has 4 nitrogen and oxygen atoms in total. The fourth-order valence-corrected chi connectivity index (χ4v) is 2.99. The summed E-state index contributed by atoms with van der Waals surface area (Å²) in [6, 6.07) is 5.81. The average molecular weight is 344 g/mol. The third-order valence-corrected chi connectivity index (χ3v) is 4.30. The van der Waals surface area contributed by atoms with Crippen molar-refractivity contribution in [2.45, 2.75) is 31.5 Å². The predicted octanol–water partition coefficient (Wildman–Crippen LogP) is 2.48. The van der Waals surface area contributed by atoms with E-state index >= 15 is 0 Å². The van der Waals surface area contributed by atoms with Crippen LogP contribution in [0.15, 0.2) is 22.7 Å². The molecule has 0 radical (unpaired) electrons. The molecule has 0 spiro atoms. The van der Waals surface area contributed by atoms with Crippen LogP contribution >= 0.6 is 15.9 Å². The van der Waals surface area contributed by atoms with Crippen molar-refractivity contribution in [1.82, 2.24) is 0 Å². The summed E-state index contributed by atoms with van der Waals surface area (Å²) in [7, 11) is 1.95. The third kappa shape index (κ3) is 3.73. The maximum absolute atomic E-state index is 10.6. The van der Waals surface area contributed by atoms with Crippen molar-refractivity contribution in [3.05, 3.63) is 28.2 Å². The van der Waals surface area contributed by atoms with Gasteiger partial charge in [0.05, 0.1) is 11.7 Å². The average Bonchev–Trinajstić information content (AvgIpc) is 2.38. The molecule has 0 aliphatic carbocycles. The van der Waals surface area contributed by atoms with Crippen LogP contribution in [0.1, 0.15) is 31.4 Å². The highest BCUT2D eigenvalue weighted by Crippen LogP contribution is 2.31. The first kappa shape index (κ1) is 15.8. The van der Waals surface area contributed by atoms with Gasteiger partial charge in [-0.1, -0.05) is 22.0 Å². The highest BCUT2D eigenvalue weighted by Gasteiger charge is 2.31. The monoisotopic (exact) mass is 343 g/mol. The van der Waals surface area contributed by atoms with Crippen molar-refractivity contribution in [2.75, 3.05) is 31.7 Å². The summed E-state index contributed by atoms with van der Waals surface area (Å²) >= 11 is 3.46. The molecular weight excluding hydrogens is 322 g/mol. The first-order valence-electron chi connectivity index (χ1n) is 6.90. The zero-order valence-electron chi connectivity index (χ0n) is 12.0. The second-order valence-corrected chi connectivity index (χ2v) is 6.49. The molecule has 112 valence electrons. The fourth-order valence-electron chi connectivity index (χ4n) is 2.64. The Bertz CT molecular complexity index is 458. The quantitative estimate of drug-likeness (QED) is 0.881. The Kier molecular flexibility index (Phi) is 5.07. The van der Waals surface area contributed by atoms with E-state index in [1.807, 2.05) is 30.1 Å². The molecule has 1 unspecified atom stereocenters. The normalized spacial score (nSPS) is 19.6. The van der Waals surface area contributed by atoms with Crippen molar-refractivity contribution >= 4 is 21.6 Å². The largest absolute Gasteiger partial charge is 0.389 e. The highest BCUT2D eigenvalue weighted by molar-refractivity contribution is 9.10. The molecular formula is C15H22BrNO3. The molecule has 2 N–H and O–H groups in total. The summed E-state index contributed by atoms with van der Waals surface area (Å²) in [5, 5.41) is 20.5. The Labute approximate surface area is 128 Å². The topological polar surface area (TPSA) is 52.9 Å². The van der Waals surface area contributed by atoms with E-state index in [1.165, 1.54) is 0 Å². The first-order chi connectivity index (χ1) is 9.41. The van der Waals surface area contributed by atoms with Crippen LogP contribution < -0.4 is 4.90 Å². The van der Waals surface area contributed by atoms with Crippen LogP contribution in [0.25, 0.3) is 0 Å². The molecule has 0 amide bonds. The van der Waals surface area contributed by atoms with Gasteiger partial charge in [0.1, 0.15) is 0 Å². The second-order valence-electron chi connectivity index (χ2n) is 5.57. The fraction of sp³-hybridized carbons (Fsp3) is 0.600. The molecule has 0 bridgehead atoms. The van der Waals surface area contributed by atoms with Crippen molar-refractivity contribution < 1.29 is 14.9 Å². The van der Waals surface area contributed by atoms with Gasteiger partial charge in [-0.2, -0.15) is 0 Å². The zero-order valence-corrected chi connectivity index (χ0v) is 13.6. The minimum absolute atomic E-state index is 0.534. The van der Waals surface area contributed by atoms with Gasteiger partial charge in [0.15, 0.2) is 0 Å². The Morgan fingerprint density at radius 2 is 2.05 bits per heavy atom. The molecule has 1 aromatic carbocycles. The van der Waals surface area contributed by atoms with E-state index in [1.54, 1.807) is 6.92 Å². The van der Waals surface area contributed by atoms with Crippen LogP contribution in [-0.4, -0.2) is 42.6 Å². The maximum Gasteiger partial charge on any atom is 0.0865 e. The van der Waals surface area contributed by atoms with Crippen LogP contribution in [0, 0.1) is 0 Å². The summed E-state index contributed by atoms with van der Waals surface area (Å²) in [6.45, 7) is 3.49. The summed E-state index contributed by atoms with van der Waals surface area (Å²) in [5.74, 6) is 0. The Hall–Kier alpha value is -0.620. The molecule has 0 aromatic heterocycles. The molecule has 1 aromatic rings. The number of rotatable bonds is 4. The Morgan fingerprint density at radius 1 is 1.40 bits per heavy atom. The second kappa shape index (κ2) is 6.43. The molecule has 0 saturated carbocycles. The molecule has 5 heteroatoms. The lowest BCUT2D eigenvalue weighted by Gasteiger charge is -2.37. The lowest BCUT2D eigenvalue weighted by molar-refractivity contribution is -0.0573. The zero-order chi connectivity index (χ0) is 14.8. The van der Waals surface area contributed by atoms with Gasteiger partial charge in [-0.25, -0.2) is 0 Å². The van der Waals surface area contributed by atoms with Gasteiger partial charge in [0, 0.05) is 55.4 Å². The SMILES string of the molecule is CC(O)c1ccc(Br)cc1N(C)CC1(O)CCOCC1. The van der Waals surface area contributed by atoms with E-state index in [0.717, 1.165) is 15.7 Å². The lowest BCUT2D eigenvalue weighted by Crippen LogP contribution is -2.46. The van der Waals surface area contributed by atoms with Crippen LogP contribution in [0.5, 0.6) is 0 Å². The minimum atomic E-state index is -0.717. The van der Waals surface area contributed by atoms with E-state index in [9.17, 15) is 10.2 Å². The number of benzene rings is 1. The first-order valence-corrected chi connectivity index (χ1v) is 7.69. The van der Waals surface area contributed by atoms with Crippen molar-refractivity contribution in [2.24, 2.45) is 0 Å². The van der Waals surface area contributed by atoms with Gasteiger partial charge in [0.25, 0.3) is 0 Å². The maximum atomic E-state index is 10.6. The molecule has 1 aliphatic heterocycles. The molecule has 1 saturated heterocycles. The molecule has 1 aliphatic rings. The van der Waals surface area contributed by atoms with Crippen molar-refractivity contribution in [3.63, 3.8) is 0 Å². The van der Waals surface area contributed by atoms with Gasteiger partial charge in [-0.15, -0.1) is 0 Å². The predicted molar refractivity (Wildman–Crippen MR) is 83.0 cm³/mol. The van der Waals surface area contributed by atoms with E-state index in [0.29, 0.717) is 32.6 Å². The number of hydrogen-bond acceptors (Lipinski definition) is 4. The summed E-state index contributed by atoms with van der Waals surface area (Å²) in [6.07, 6.45) is 0.759. The highest BCUT2D eigenvalue weighted by atomic mass is 79.9. The smallest absolute Gasteiger partial charge is 0.0865 e. The number of hydrogen-bond donors (Lipinski definition) is 2. The van der Waals surface area contributed by atoms with Crippen molar-refractivity contribution in [3.8, 4) is 0 Å². The van der Waals surface area contributed by atoms with Crippen LogP contribution in [0.2, 0.25) is 0 Å². The molecule has 1 atom stereocenters. The van der Waals surface area contributed by atoms with E-state index < -0.39 is 11.7 Å². The standard InChI is InChI=1S/C15H22BrNO3/c1-11(18)13-4-3-12(16)9-14(13)17(2)10-15(19)5-7-20-8-6-15/h3-4,9,11,18-19H,5-8,10H2,1-2H3. The van der Waals surface area contributed by atoms with Gasteiger partial charge in [-0.05, 0) is 19.1 Å². The number of aliphatic hydroxyl groups excluding tert-OH is 1. The van der Waals surface area contributed by atoms with Gasteiger partial charge >= 0.3 is 0 Å². The van der Waals surface area contributed by atoms with E-state index in [4.69, 9.17) is 4.74 Å². The van der Waals surface area contributed by atoms with Crippen LogP contribution in [0.3, 0.4) is 0 Å². The van der Waals surface area contributed by atoms with Crippen molar-refractivity contribution in [1.29, 1.82) is 0 Å². The summed E-state index contributed by atoms with van der Waals surface area (Å²) < 4.78 is 6.27. The number of aliphatic hydroxyl groups is 2. The van der Waals surface area contributed by atoms with Crippen LogP contribution in [0.4, 0.5) is 5.69 Å². The lowest BCUT2D eigenvalue weighted by atomic mass is 9.93. The number of halogens is 1. The number of anilines is 1. The minimum Gasteiger partial charge on any atom is -0.389 e. The third-order valence-electron chi connectivity index (χ3n) is 3.81. The van der Waals surface area contributed by atoms with Gasteiger partial charge in [-0.3, -0.25) is 0 Å². The molecule has 20 heavy (non-hydrogen) atoms. The number of nitrogens with zero attached hydrogens (tertiary/aromatic N) is 1. The molecule has 2 rings (SSSR count). The summed E-state index contributed by atoms with van der Waals surface area (Å²) in [5.41, 5.74) is 1.09.